The van der Waals surface area contributed by atoms with Gasteiger partial charge in [-0.15, -0.1) is 0 Å². The third kappa shape index (κ3) is 4.60. The number of hydrogen-bond donors (Lipinski definition) is 1. The van der Waals surface area contributed by atoms with Gasteiger partial charge < -0.3 is 9.22 Å². The molecule has 0 saturated heterocycles. The van der Waals surface area contributed by atoms with Gasteiger partial charge in [0.15, 0.2) is 5.78 Å². The average molecular weight is 409 g/mol. The molecule has 3 nitrogen and oxygen atoms in total. The molecule has 0 aromatic heterocycles. The lowest BCUT2D eigenvalue weighted by Crippen LogP contribution is -2.64. The topological polar surface area (TPSA) is 46.5 Å². The third-order valence-corrected chi connectivity index (χ3v) is 8.38. The summed E-state index contributed by atoms with van der Waals surface area (Å²) in [6, 6.07) is 19.4. The van der Waals surface area contributed by atoms with E-state index < -0.39 is 8.56 Å². The van der Waals surface area contributed by atoms with Crippen molar-refractivity contribution in [2.24, 2.45) is 5.41 Å². The standard InChI is InChI=1S/C25H32O3Si/c1-5-12-21-22(17-18-23(21)26)24(25(2,3)4)28-29(27,19-13-8-6-9-14-19)20-15-10-7-11-16-20/h6-11,13-16,24,27H,5,12,17-18H2,1-4H3. The highest BCUT2D eigenvalue weighted by Crippen LogP contribution is 2.38. The van der Waals surface area contributed by atoms with E-state index in [1.165, 1.54) is 0 Å². The molecule has 0 spiro atoms. The molecule has 0 bridgehead atoms. The largest absolute Gasteiger partial charge is 0.404 e. The van der Waals surface area contributed by atoms with Crippen molar-refractivity contribution in [1.82, 2.24) is 0 Å². The van der Waals surface area contributed by atoms with Gasteiger partial charge in [-0.05, 0) is 39.8 Å². The maximum Gasteiger partial charge on any atom is 0.404 e. The molecule has 1 atom stereocenters. The molecule has 1 aliphatic rings. The quantitative estimate of drug-likeness (QED) is 0.701. The SMILES string of the molecule is CCCC1=C(C(O[Si](O)(c2ccccc2)c2ccccc2)C(C)(C)C)CCC1=O. The first-order valence-corrected chi connectivity index (χ1v) is 12.4. The van der Waals surface area contributed by atoms with Crippen molar-refractivity contribution in [3.05, 3.63) is 71.8 Å². The monoisotopic (exact) mass is 408 g/mol. The molecule has 4 heteroatoms. The van der Waals surface area contributed by atoms with Crippen LogP contribution in [0.5, 0.6) is 0 Å². The maximum atomic E-state index is 12.5. The van der Waals surface area contributed by atoms with Gasteiger partial charge >= 0.3 is 8.56 Å². The molecule has 0 fully saturated rings. The van der Waals surface area contributed by atoms with Crippen LogP contribution >= 0.6 is 0 Å². The van der Waals surface area contributed by atoms with Crippen LogP contribution in [0.1, 0.15) is 53.4 Å². The Morgan fingerprint density at radius 2 is 1.48 bits per heavy atom. The molecule has 2 aromatic rings. The highest BCUT2D eigenvalue weighted by Gasteiger charge is 2.46. The molecule has 1 unspecified atom stereocenters. The molecular weight excluding hydrogens is 376 g/mol. The molecular formula is C25H32O3Si. The third-order valence-electron chi connectivity index (χ3n) is 5.57. The fraction of sp³-hybridized carbons (Fsp3) is 0.400. The number of benzene rings is 2. The van der Waals surface area contributed by atoms with Crippen LogP contribution in [0, 0.1) is 5.41 Å². The van der Waals surface area contributed by atoms with Gasteiger partial charge in [0.1, 0.15) is 0 Å². The molecule has 0 aliphatic heterocycles. The van der Waals surface area contributed by atoms with Crippen molar-refractivity contribution >= 4 is 24.7 Å². The zero-order valence-corrected chi connectivity index (χ0v) is 18.9. The second kappa shape index (κ2) is 8.78. The van der Waals surface area contributed by atoms with Gasteiger partial charge in [0.25, 0.3) is 0 Å². The van der Waals surface area contributed by atoms with E-state index in [1.54, 1.807) is 0 Å². The van der Waals surface area contributed by atoms with Crippen molar-refractivity contribution in [1.29, 1.82) is 0 Å². The van der Waals surface area contributed by atoms with E-state index in [1.807, 2.05) is 60.7 Å². The van der Waals surface area contributed by atoms with E-state index in [4.69, 9.17) is 4.43 Å². The summed E-state index contributed by atoms with van der Waals surface area (Å²) in [7, 11) is -3.46. The Balaban J connectivity index is 2.12. The fourth-order valence-electron chi connectivity index (χ4n) is 4.14. The molecule has 2 aromatic carbocycles. The predicted octanol–water partition coefficient (Wildman–Crippen LogP) is 4.13. The highest BCUT2D eigenvalue weighted by atomic mass is 28.4. The van der Waals surface area contributed by atoms with Gasteiger partial charge in [0.2, 0.25) is 0 Å². The Morgan fingerprint density at radius 1 is 0.966 bits per heavy atom. The van der Waals surface area contributed by atoms with Crippen LogP contribution in [0.25, 0.3) is 0 Å². The van der Waals surface area contributed by atoms with Crippen LogP contribution in [0.3, 0.4) is 0 Å². The van der Waals surface area contributed by atoms with Crippen LogP contribution in [-0.2, 0) is 9.22 Å². The average Bonchev–Trinajstić information content (AvgIpc) is 3.07. The molecule has 3 rings (SSSR count). The summed E-state index contributed by atoms with van der Waals surface area (Å²) in [5.74, 6) is 0.240. The van der Waals surface area contributed by atoms with E-state index in [9.17, 15) is 9.59 Å². The van der Waals surface area contributed by atoms with Crippen molar-refractivity contribution in [2.75, 3.05) is 0 Å². The molecule has 0 heterocycles. The Kier molecular flexibility index (Phi) is 6.57. The van der Waals surface area contributed by atoms with Gasteiger partial charge in [-0.25, -0.2) is 0 Å². The molecule has 29 heavy (non-hydrogen) atoms. The Hall–Kier alpha value is -2.01. The lowest BCUT2D eigenvalue weighted by atomic mass is 9.82. The summed E-state index contributed by atoms with van der Waals surface area (Å²) >= 11 is 0. The zero-order valence-electron chi connectivity index (χ0n) is 17.9. The van der Waals surface area contributed by atoms with E-state index in [-0.39, 0.29) is 17.3 Å². The van der Waals surface area contributed by atoms with Crippen LogP contribution in [0.4, 0.5) is 0 Å². The van der Waals surface area contributed by atoms with Crippen molar-refractivity contribution < 1.29 is 14.0 Å². The lowest BCUT2D eigenvalue weighted by Gasteiger charge is -2.39. The summed E-state index contributed by atoms with van der Waals surface area (Å²) in [6.07, 6.45) is 2.68. The highest BCUT2D eigenvalue weighted by molar-refractivity contribution is 6.91. The molecule has 0 radical (unpaired) electrons. The lowest BCUT2D eigenvalue weighted by molar-refractivity contribution is -0.115. The number of allylic oxidation sites excluding steroid dienone is 1. The number of carbonyl (C=O) groups is 1. The smallest absolute Gasteiger partial charge is 0.404 e. The molecule has 0 saturated carbocycles. The van der Waals surface area contributed by atoms with Crippen LogP contribution in [0.15, 0.2) is 71.8 Å². The van der Waals surface area contributed by atoms with E-state index in [2.05, 4.69) is 27.7 Å². The fourth-order valence-corrected chi connectivity index (χ4v) is 6.87. The first-order valence-electron chi connectivity index (χ1n) is 10.5. The van der Waals surface area contributed by atoms with Crippen molar-refractivity contribution in [3.63, 3.8) is 0 Å². The van der Waals surface area contributed by atoms with Gasteiger partial charge in [-0.3, -0.25) is 4.79 Å². The minimum Gasteiger partial charge on any atom is -0.404 e. The van der Waals surface area contributed by atoms with Crippen LogP contribution in [0.2, 0.25) is 0 Å². The number of Topliss-reactive ketones (excluding diaryl/α,β-unsaturated/α-hetero) is 1. The second-order valence-corrected chi connectivity index (χ2v) is 11.6. The molecule has 1 aliphatic carbocycles. The summed E-state index contributed by atoms with van der Waals surface area (Å²) in [5.41, 5.74) is 1.76. The first-order chi connectivity index (χ1) is 13.8. The minimum atomic E-state index is -3.46. The summed E-state index contributed by atoms with van der Waals surface area (Å²) in [6.45, 7) is 8.48. The Labute approximate surface area is 175 Å². The van der Waals surface area contributed by atoms with Crippen molar-refractivity contribution in [3.8, 4) is 0 Å². The summed E-state index contributed by atoms with van der Waals surface area (Å²) in [4.78, 5) is 24.6. The van der Waals surface area contributed by atoms with Crippen molar-refractivity contribution in [2.45, 2.75) is 59.5 Å². The van der Waals surface area contributed by atoms with E-state index >= 15 is 0 Å². The second-order valence-electron chi connectivity index (χ2n) is 8.92. The first kappa shape index (κ1) is 21.7. The Bertz CT molecular complexity index is 826. The van der Waals surface area contributed by atoms with Crippen LogP contribution in [-0.4, -0.2) is 25.2 Å². The van der Waals surface area contributed by atoms with E-state index in [0.717, 1.165) is 40.8 Å². The minimum absolute atomic E-state index is 0.240. The van der Waals surface area contributed by atoms with Gasteiger partial charge in [0.05, 0.1) is 6.10 Å². The molecule has 0 amide bonds. The molecule has 1 N–H and O–H groups in total. The maximum absolute atomic E-state index is 12.5. The normalized spacial score (nSPS) is 16.4. The van der Waals surface area contributed by atoms with Gasteiger partial charge in [-0.2, -0.15) is 0 Å². The molecule has 154 valence electrons. The number of carbonyl (C=O) groups excluding carboxylic acids is 1. The number of rotatable bonds is 7. The van der Waals surface area contributed by atoms with Gasteiger partial charge in [-0.1, -0.05) is 94.8 Å². The summed E-state index contributed by atoms with van der Waals surface area (Å²) in [5, 5.41) is 1.64. The Morgan fingerprint density at radius 3 is 1.93 bits per heavy atom. The predicted molar refractivity (Wildman–Crippen MR) is 121 cm³/mol. The van der Waals surface area contributed by atoms with E-state index in [0.29, 0.717) is 6.42 Å². The van der Waals surface area contributed by atoms with Crippen LogP contribution < -0.4 is 10.4 Å². The number of hydrogen-bond acceptors (Lipinski definition) is 3. The van der Waals surface area contributed by atoms with Gasteiger partial charge in [0, 0.05) is 6.42 Å². The summed E-state index contributed by atoms with van der Waals surface area (Å²) < 4.78 is 6.77. The zero-order chi connectivity index (χ0) is 21.1. The number of ketones is 1.